The number of carbonyl (C=O) groups is 2. The number of nitrogens with zero attached hydrogens (tertiary/aromatic N) is 5. The second-order valence-corrected chi connectivity index (χ2v) is 11.9. The van der Waals surface area contributed by atoms with E-state index in [2.05, 4.69) is 4.90 Å². The summed E-state index contributed by atoms with van der Waals surface area (Å²) in [6.45, 7) is 3.74. The van der Waals surface area contributed by atoms with Crippen molar-refractivity contribution in [1.82, 2.24) is 19.4 Å². The third-order valence-corrected chi connectivity index (χ3v) is 9.14. The number of imidazole rings is 1. The van der Waals surface area contributed by atoms with Crippen LogP contribution in [0.15, 0.2) is 36.4 Å². The van der Waals surface area contributed by atoms with E-state index in [4.69, 9.17) is 26.1 Å². The minimum Gasteiger partial charge on any atom is -0.482 e. The maximum Gasteiger partial charge on any atom is 0.407 e. The average Bonchev–Trinajstić information content (AvgIpc) is 3.80. The fraction of sp³-hybridized carbons (Fsp3) is 0.452. The highest BCUT2D eigenvalue weighted by atomic mass is 35.5. The number of aromatic nitrogens is 2. The number of benzene rings is 2. The standard InChI is InChI=1S/C31H33ClFN5O5/c32-23-16-21(35-11-13-42-14-12-35)4-6-26(23)43-18-28(39)38-8-7-25-30(37-10-9-36(31(40)41)17-27(37)34-25)29(38)22-5-3-20(15-24(22)33)19-1-2-19/h3-6,15-16,19,29H,1-2,7-14,17-18H2,(H,40,41). The lowest BCUT2D eigenvalue weighted by Crippen LogP contribution is -2.45. The van der Waals surface area contributed by atoms with Gasteiger partial charge in [0.1, 0.15) is 23.4 Å². The van der Waals surface area contributed by atoms with Crippen LogP contribution in [0, 0.1) is 5.82 Å². The molecule has 12 heteroatoms. The van der Waals surface area contributed by atoms with Crippen molar-refractivity contribution in [3.63, 3.8) is 0 Å². The summed E-state index contributed by atoms with van der Waals surface area (Å²) in [5.74, 6) is 0.739. The van der Waals surface area contributed by atoms with Crippen molar-refractivity contribution in [2.24, 2.45) is 0 Å². The van der Waals surface area contributed by atoms with Gasteiger partial charge < -0.3 is 28.9 Å². The van der Waals surface area contributed by atoms with Gasteiger partial charge in [-0.25, -0.2) is 14.2 Å². The van der Waals surface area contributed by atoms with Crippen LogP contribution in [-0.2, 0) is 29.0 Å². The molecule has 4 heterocycles. The van der Waals surface area contributed by atoms with Crippen LogP contribution in [0.5, 0.6) is 5.75 Å². The SMILES string of the molecule is O=C(O)N1CCn2c(nc3c2C(c2ccc(C4CC4)cc2F)N(C(=O)COc2ccc(N4CCOCC4)cc2Cl)CC3)C1. The van der Waals surface area contributed by atoms with Crippen molar-refractivity contribution < 1.29 is 28.6 Å². The van der Waals surface area contributed by atoms with Crippen LogP contribution < -0.4 is 9.64 Å². The molecule has 1 aliphatic carbocycles. The Balaban J connectivity index is 1.17. The van der Waals surface area contributed by atoms with E-state index in [-0.39, 0.29) is 31.4 Å². The smallest absolute Gasteiger partial charge is 0.407 e. The Hall–Kier alpha value is -3.83. The summed E-state index contributed by atoms with van der Waals surface area (Å²) in [6.07, 6.45) is 1.58. The molecule has 0 bridgehead atoms. The summed E-state index contributed by atoms with van der Waals surface area (Å²) in [4.78, 5) is 35.4. The molecule has 0 radical (unpaired) electrons. The van der Waals surface area contributed by atoms with E-state index >= 15 is 4.39 Å². The predicted octanol–water partition coefficient (Wildman–Crippen LogP) is 4.44. The molecule has 1 unspecified atom stereocenters. The van der Waals surface area contributed by atoms with E-state index in [9.17, 15) is 14.7 Å². The van der Waals surface area contributed by atoms with Gasteiger partial charge in [0.25, 0.3) is 5.91 Å². The van der Waals surface area contributed by atoms with Crippen LogP contribution in [0.1, 0.15) is 53.1 Å². The first-order valence-electron chi connectivity index (χ1n) is 14.8. The molecular formula is C31H33ClFN5O5. The van der Waals surface area contributed by atoms with E-state index in [0.717, 1.165) is 48.6 Å². The van der Waals surface area contributed by atoms with Gasteiger partial charge in [0, 0.05) is 50.4 Å². The fourth-order valence-electron chi connectivity index (χ4n) is 6.43. The normalized spacial score (nSPS) is 20.0. The highest BCUT2D eigenvalue weighted by molar-refractivity contribution is 6.32. The molecule has 1 saturated heterocycles. The molecular weight excluding hydrogens is 577 g/mol. The fourth-order valence-corrected chi connectivity index (χ4v) is 6.66. The zero-order chi connectivity index (χ0) is 29.7. The molecule has 0 spiro atoms. The molecule has 10 nitrogen and oxygen atoms in total. The van der Waals surface area contributed by atoms with Crippen molar-refractivity contribution in [3.05, 3.63) is 75.6 Å². The lowest BCUT2D eigenvalue weighted by molar-refractivity contribution is -0.135. The molecule has 2 amide bonds. The topological polar surface area (TPSA) is 100 Å². The second-order valence-electron chi connectivity index (χ2n) is 11.5. The molecule has 3 aromatic rings. The summed E-state index contributed by atoms with van der Waals surface area (Å²) < 4.78 is 29.2. The maximum atomic E-state index is 15.8. The summed E-state index contributed by atoms with van der Waals surface area (Å²) in [6, 6.07) is 10.1. The first kappa shape index (κ1) is 28.0. The van der Waals surface area contributed by atoms with Crippen molar-refractivity contribution in [2.75, 3.05) is 50.9 Å². The van der Waals surface area contributed by atoms with Crippen molar-refractivity contribution in [3.8, 4) is 5.75 Å². The number of amides is 2. The Morgan fingerprint density at radius 1 is 1.07 bits per heavy atom. The summed E-state index contributed by atoms with van der Waals surface area (Å²) in [5, 5.41) is 9.94. The van der Waals surface area contributed by atoms with E-state index in [1.807, 2.05) is 22.8 Å². The van der Waals surface area contributed by atoms with Gasteiger partial charge in [-0.1, -0.05) is 23.7 Å². The molecule has 4 aliphatic rings. The van der Waals surface area contributed by atoms with Gasteiger partial charge >= 0.3 is 6.09 Å². The van der Waals surface area contributed by atoms with Gasteiger partial charge in [-0.2, -0.15) is 0 Å². The highest BCUT2D eigenvalue weighted by Crippen LogP contribution is 2.43. The van der Waals surface area contributed by atoms with E-state index in [1.165, 1.54) is 4.90 Å². The Bertz CT molecular complexity index is 1570. The van der Waals surface area contributed by atoms with Crippen LogP contribution in [0.4, 0.5) is 14.9 Å². The van der Waals surface area contributed by atoms with Crippen LogP contribution >= 0.6 is 11.6 Å². The predicted molar refractivity (Wildman–Crippen MR) is 156 cm³/mol. The van der Waals surface area contributed by atoms with Crippen molar-refractivity contribution in [1.29, 1.82) is 0 Å². The van der Waals surface area contributed by atoms with Gasteiger partial charge in [0.2, 0.25) is 0 Å². The van der Waals surface area contributed by atoms with E-state index < -0.39 is 12.1 Å². The molecule has 43 heavy (non-hydrogen) atoms. The average molecular weight is 610 g/mol. The molecule has 1 atom stereocenters. The molecule has 3 aliphatic heterocycles. The minimum atomic E-state index is -1.00. The van der Waals surface area contributed by atoms with Gasteiger partial charge in [-0.15, -0.1) is 0 Å². The summed E-state index contributed by atoms with van der Waals surface area (Å²) >= 11 is 6.56. The number of hydrogen-bond donors (Lipinski definition) is 1. The van der Waals surface area contributed by atoms with Gasteiger partial charge in [-0.3, -0.25) is 9.69 Å². The monoisotopic (exact) mass is 609 g/mol. The lowest BCUT2D eigenvalue weighted by atomic mass is 9.93. The number of rotatable bonds is 6. The Morgan fingerprint density at radius 2 is 1.88 bits per heavy atom. The molecule has 226 valence electrons. The van der Waals surface area contributed by atoms with Crippen LogP contribution in [-0.4, -0.2) is 82.5 Å². The Labute approximate surface area is 253 Å². The molecule has 1 saturated carbocycles. The number of anilines is 1. The number of fused-ring (bicyclic) bond motifs is 3. The number of carboxylic acid groups (broad SMARTS) is 1. The van der Waals surface area contributed by atoms with Crippen LogP contribution in [0.25, 0.3) is 0 Å². The number of halogens is 2. The van der Waals surface area contributed by atoms with Crippen LogP contribution in [0.2, 0.25) is 5.02 Å². The zero-order valence-electron chi connectivity index (χ0n) is 23.7. The maximum absolute atomic E-state index is 15.8. The number of ether oxygens (including phenoxy) is 2. The van der Waals surface area contributed by atoms with E-state index in [0.29, 0.717) is 60.8 Å². The quantitative estimate of drug-likeness (QED) is 0.441. The molecule has 2 aromatic carbocycles. The number of morpholine rings is 1. The number of hydrogen-bond acceptors (Lipinski definition) is 6. The van der Waals surface area contributed by atoms with Gasteiger partial charge in [-0.05, 0) is 48.6 Å². The Morgan fingerprint density at radius 3 is 2.60 bits per heavy atom. The minimum absolute atomic E-state index is 0.147. The third-order valence-electron chi connectivity index (χ3n) is 8.85. The number of carbonyl (C=O) groups excluding carboxylic acids is 1. The molecule has 1 aromatic heterocycles. The van der Waals surface area contributed by atoms with Gasteiger partial charge in [0.15, 0.2) is 6.61 Å². The summed E-state index contributed by atoms with van der Waals surface area (Å²) in [7, 11) is 0. The van der Waals surface area contributed by atoms with E-state index in [1.54, 1.807) is 23.1 Å². The third kappa shape index (κ3) is 5.40. The van der Waals surface area contributed by atoms with Crippen molar-refractivity contribution >= 4 is 29.3 Å². The first-order valence-corrected chi connectivity index (χ1v) is 15.1. The molecule has 1 N–H and O–H groups in total. The largest absolute Gasteiger partial charge is 0.482 e. The second kappa shape index (κ2) is 11.3. The first-order chi connectivity index (χ1) is 20.9. The van der Waals surface area contributed by atoms with Gasteiger partial charge in [0.05, 0.1) is 36.2 Å². The highest BCUT2D eigenvalue weighted by Gasteiger charge is 2.40. The lowest BCUT2D eigenvalue weighted by Gasteiger charge is -2.37. The molecule has 2 fully saturated rings. The Kier molecular flexibility index (Phi) is 7.38. The molecule has 7 rings (SSSR count). The van der Waals surface area contributed by atoms with Crippen LogP contribution in [0.3, 0.4) is 0 Å². The summed E-state index contributed by atoms with van der Waals surface area (Å²) in [5.41, 5.74) is 3.85. The zero-order valence-corrected chi connectivity index (χ0v) is 24.4. The van der Waals surface area contributed by atoms with Crippen molar-refractivity contribution in [2.45, 2.75) is 44.3 Å².